The highest BCUT2D eigenvalue weighted by Gasteiger charge is 2.29. The third-order valence-electron chi connectivity index (χ3n) is 5.58. The van der Waals surface area contributed by atoms with Crippen molar-refractivity contribution in [3.63, 3.8) is 0 Å². The number of hydrogen-bond acceptors (Lipinski definition) is 6. The maximum absolute atomic E-state index is 9.40. The summed E-state index contributed by atoms with van der Waals surface area (Å²) >= 11 is 0. The molecule has 2 aliphatic heterocycles. The summed E-state index contributed by atoms with van der Waals surface area (Å²) in [6.45, 7) is 2.71. The van der Waals surface area contributed by atoms with E-state index >= 15 is 0 Å². The number of nitriles is 2. The highest BCUT2D eigenvalue weighted by molar-refractivity contribution is 5.63. The van der Waals surface area contributed by atoms with E-state index in [1.807, 2.05) is 18.2 Å². The number of anilines is 1. The minimum atomic E-state index is 0.497. The highest BCUT2D eigenvalue weighted by atomic mass is 15.2. The lowest BCUT2D eigenvalue weighted by molar-refractivity contribution is 0.415. The Labute approximate surface area is 169 Å². The molecule has 2 aliphatic rings. The molecule has 0 atom stereocenters. The summed E-state index contributed by atoms with van der Waals surface area (Å²) in [7, 11) is 0. The summed E-state index contributed by atoms with van der Waals surface area (Å²) in [6, 6.07) is 18.1. The Kier molecular flexibility index (Phi) is 4.11. The van der Waals surface area contributed by atoms with Gasteiger partial charge in [0, 0.05) is 24.2 Å². The minimum absolute atomic E-state index is 0.497. The van der Waals surface area contributed by atoms with Gasteiger partial charge < -0.3 is 9.80 Å². The minimum Gasteiger partial charge on any atom is -0.352 e. The first-order valence-corrected chi connectivity index (χ1v) is 9.62. The van der Waals surface area contributed by atoms with Crippen LogP contribution in [0.15, 0.2) is 48.5 Å². The van der Waals surface area contributed by atoms with Crippen molar-refractivity contribution >= 4 is 5.82 Å². The molecule has 140 valence electrons. The van der Waals surface area contributed by atoms with Crippen molar-refractivity contribution in [2.45, 2.75) is 26.1 Å². The lowest BCUT2D eigenvalue weighted by atomic mass is 9.99. The third kappa shape index (κ3) is 3.05. The van der Waals surface area contributed by atoms with Crippen LogP contribution in [0.2, 0.25) is 0 Å². The van der Waals surface area contributed by atoms with E-state index in [4.69, 9.17) is 9.97 Å². The molecule has 0 amide bonds. The van der Waals surface area contributed by atoms with Crippen molar-refractivity contribution in [2.75, 3.05) is 11.4 Å². The normalized spacial score (nSPS) is 14.7. The van der Waals surface area contributed by atoms with Crippen LogP contribution in [0.5, 0.6) is 0 Å². The van der Waals surface area contributed by atoms with E-state index in [2.05, 4.69) is 41.4 Å². The molecule has 6 heteroatoms. The molecule has 0 saturated carbocycles. The Bertz CT molecular complexity index is 1190. The van der Waals surface area contributed by atoms with Crippen LogP contribution in [0.4, 0.5) is 5.82 Å². The zero-order valence-electron chi connectivity index (χ0n) is 15.8. The van der Waals surface area contributed by atoms with Gasteiger partial charge in [-0.3, -0.25) is 0 Å². The molecule has 0 fully saturated rings. The van der Waals surface area contributed by atoms with Gasteiger partial charge in [0.2, 0.25) is 0 Å². The highest BCUT2D eigenvalue weighted by Crippen LogP contribution is 2.34. The number of benzene rings is 2. The van der Waals surface area contributed by atoms with E-state index in [0.717, 1.165) is 42.1 Å². The van der Waals surface area contributed by atoms with Crippen LogP contribution in [-0.2, 0) is 26.1 Å². The smallest absolute Gasteiger partial charge is 0.180 e. The van der Waals surface area contributed by atoms with Crippen molar-refractivity contribution in [3.05, 3.63) is 76.5 Å². The van der Waals surface area contributed by atoms with Crippen LogP contribution in [0.25, 0.3) is 11.4 Å². The van der Waals surface area contributed by atoms with Crippen molar-refractivity contribution < 1.29 is 0 Å². The fourth-order valence-electron chi connectivity index (χ4n) is 4.10. The summed E-state index contributed by atoms with van der Waals surface area (Å²) in [5, 5.41) is 18.6. The van der Waals surface area contributed by atoms with Crippen molar-refractivity contribution in [3.8, 4) is 23.7 Å². The van der Waals surface area contributed by atoms with Gasteiger partial charge in [0.1, 0.15) is 5.82 Å². The van der Waals surface area contributed by atoms with Crippen molar-refractivity contribution in [1.29, 1.82) is 10.5 Å². The fraction of sp³-hybridized carbons (Fsp3) is 0.217. The van der Waals surface area contributed by atoms with E-state index < -0.39 is 0 Å². The average Bonchev–Trinajstić information content (AvgIpc) is 3.21. The SMILES string of the molecule is N#Cc1cccc(-c2nc3c(c(N4CCc5ccccc5C4)n2)CN(C#N)C3)c1. The lowest BCUT2D eigenvalue weighted by Gasteiger charge is -2.31. The number of rotatable bonds is 2. The van der Waals surface area contributed by atoms with Gasteiger partial charge in [-0.1, -0.05) is 36.4 Å². The van der Waals surface area contributed by atoms with Gasteiger partial charge >= 0.3 is 0 Å². The number of fused-ring (bicyclic) bond motifs is 2. The molecule has 29 heavy (non-hydrogen) atoms. The zero-order chi connectivity index (χ0) is 19.8. The van der Waals surface area contributed by atoms with Crippen LogP contribution in [0, 0.1) is 22.8 Å². The van der Waals surface area contributed by atoms with Crippen molar-refractivity contribution in [1.82, 2.24) is 14.9 Å². The molecule has 3 heterocycles. The molecule has 5 rings (SSSR count). The van der Waals surface area contributed by atoms with Crippen LogP contribution >= 0.6 is 0 Å². The van der Waals surface area contributed by atoms with E-state index in [1.165, 1.54) is 11.1 Å². The third-order valence-corrected chi connectivity index (χ3v) is 5.58. The molecule has 0 radical (unpaired) electrons. The Balaban J connectivity index is 1.60. The summed E-state index contributed by atoms with van der Waals surface area (Å²) < 4.78 is 0. The van der Waals surface area contributed by atoms with E-state index in [0.29, 0.717) is 24.5 Å². The molecular formula is C23H18N6. The first-order chi connectivity index (χ1) is 14.2. The summed E-state index contributed by atoms with van der Waals surface area (Å²) in [5.74, 6) is 1.51. The quantitative estimate of drug-likeness (QED) is 0.636. The molecule has 1 aromatic heterocycles. The molecule has 3 aromatic rings. The predicted octanol–water partition coefficient (Wildman–Crippen LogP) is 3.37. The maximum atomic E-state index is 9.40. The molecule has 0 aliphatic carbocycles. The van der Waals surface area contributed by atoms with Gasteiger partial charge in [-0.2, -0.15) is 10.5 Å². The van der Waals surface area contributed by atoms with Gasteiger partial charge in [-0.25, -0.2) is 9.97 Å². The molecule has 0 bridgehead atoms. The van der Waals surface area contributed by atoms with Gasteiger partial charge in [-0.05, 0) is 29.7 Å². The molecule has 0 unspecified atom stereocenters. The van der Waals surface area contributed by atoms with Crippen molar-refractivity contribution in [2.24, 2.45) is 0 Å². The van der Waals surface area contributed by atoms with Gasteiger partial charge in [0.25, 0.3) is 0 Å². The first-order valence-electron chi connectivity index (χ1n) is 9.62. The number of aromatic nitrogens is 2. The lowest BCUT2D eigenvalue weighted by Crippen LogP contribution is -2.32. The fourth-order valence-corrected chi connectivity index (χ4v) is 4.10. The van der Waals surface area contributed by atoms with E-state index in [1.54, 1.807) is 11.0 Å². The van der Waals surface area contributed by atoms with Crippen LogP contribution in [0.1, 0.15) is 27.9 Å². The first kappa shape index (κ1) is 17.2. The van der Waals surface area contributed by atoms with E-state index in [-0.39, 0.29) is 0 Å². The second-order valence-electron chi connectivity index (χ2n) is 7.39. The monoisotopic (exact) mass is 378 g/mol. The number of nitrogens with zero attached hydrogens (tertiary/aromatic N) is 6. The summed E-state index contributed by atoms with van der Waals surface area (Å²) in [5.41, 5.74) is 6.03. The topological polar surface area (TPSA) is 79.8 Å². The zero-order valence-corrected chi connectivity index (χ0v) is 15.8. The van der Waals surface area contributed by atoms with Gasteiger partial charge in [-0.15, -0.1) is 0 Å². The van der Waals surface area contributed by atoms with Gasteiger partial charge in [0.05, 0.1) is 30.4 Å². The van der Waals surface area contributed by atoms with Gasteiger partial charge in [0.15, 0.2) is 12.0 Å². The molecule has 2 aromatic carbocycles. The summed E-state index contributed by atoms with van der Waals surface area (Å²) in [6.07, 6.45) is 3.21. The Hall–Kier alpha value is -3.90. The molecular weight excluding hydrogens is 360 g/mol. The standard InChI is InChI=1S/C23H18N6/c24-11-16-4-3-7-18(10-16)22-26-21-14-28(15-25)13-20(21)23(27-22)29-9-8-17-5-1-2-6-19(17)12-29/h1-7,10H,8-9,12-14H2. The Morgan fingerprint density at radius 1 is 0.897 bits per heavy atom. The van der Waals surface area contributed by atoms with E-state index in [9.17, 15) is 10.5 Å². The average molecular weight is 378 g/mol. The predicted molar refractivity (Wildman–Crippen MR) is 108 cm³/mol. The Morgan fingerprint density at radius 2 is 1.76 bits per heavy atom. The molecule has 0 N–H and O–H groups in total. The number of hydrogen-bond donors (Lipinski definition) is 0. The largest absolute Gasteiger partial charge is 0.352 e. The van der Waals surface area contributed by atoms with Crippen LogP contribution < -0.4 is 4.90 Å². The van der Waals surface area contributed by atoms with Crippen LogP contribution in [-0.4, -0.2) is 21.4 Å². The molecule has 0 saturated heterocycles. The molecule has 6 nitrogen and oxygen atoms in total. The second kappa shape index (κ2) is 6.92. The Morgan fingerprint density at radius 3 is 2.59 bits per heavy atom. The maximum Gasteiger partial charge on any atom is 0.180 e. The second-order valence-corrected chi connectivity index (χ2v) is 7.39. The van der Waals surface area contributed by atoms with Crippen LogP contribution in [0.3, 0.4) is 0 Å². The summed E-state index contributed by atoms with van der Waals surface area (Å²) in [4.78, 5) is 13.7. The molecule has 0 spiro atoms.